The molecule has 0 radical (unpaired) electrons. The normalized spacial score (nSPS) is 12.8. The Balaban J connectivity index is 2.09. The van der Waals surface area contributed by atoms with Crippen LogP contribution in [0.25, 0.3) is 0 Å². The molecule has 3 rings (SSSR count). The van der Waals surface area contributed by atoms with Crippen molar-refractivity contribution in [3.63, 3.8) is 0 Å². The molecule has 0 unspecified atom stereocenters. The lowest BCUT2D eigenvalue weighted by Crippen LogP contribution is -2.52. The number of carbonyl (C=O) groups is 2. The highest BCUT2D eigenvalue weighted by molar-refractivity contribution is 7.92. The maximum absolute atomic E-state index is 14.1. The van der Waals surface area contributed by atoms with Crippen molar-refractivity contribution in [2.24, 2.45) is 0 Å². The lowest BCUT2D eigenvalue weighted by atomic mass is 10.1. The number of hydrogen-bond acceptors (Lipinski definition) is 5. The minimum Gasteiger partial charge on any atom is -0.495 e. The Labute approximate surface area is 244 Å². The van der Waals surface area contributed by atoms with E-state index in [1.54, 1.807) is 31.2 Å². The molecule has 9 heteroatoms. The second-order valence-electron chi connectivity index (χ2n) is 10.5. The number of sulfonamides is 1. The Bertz CT molecular complexity index is 1450. The van der Waals surface area contributed by atoms with Crippen LogP contribution in [0.2, 0.25) is 0 Å². The first-order chi connectivity index (χ1) is 19.4. The van der Waals surface area contributed by atoms with Crippen LogP contribution in [-0.4, -0.2) is 50.9 Å². The van der Waals surface area contributed by atoms with Crippen molar-refractivity contribution in [3.05, 3.63) is 89.0 Å². The molecule has 8 nitrogen and oxygen atoms in total. The molecule has 0 saturated heterocycles. The van der Waals surface area contributed by atoms with E-state index in [2.05, 4.69) is 5.32 Å². The maximum atomic E-state index is 14.1. The minimum absolute atomic E-state index is 0.0482. The summed E-state index contributed by atoms with van der Waals surface area (Å²) in [4.78, 5) is 28.8. The molecule has 1 N–H and O–H groups in total. The molecule has 0 heterocycles. The quantitative estimate of drug-likeness (QED) is 0.320. The van der Waals surface area contributed by atoms with Gasteiger partial charge in [0.2, 0.25) is 11.8 Å². The number of nitrogens with zero attached hydrogens (tertiary/aromatic N) is 2. The minimum atomic E-state index is -4.19. The molecule has 0 bridgehead atoms. The molecule has 0 aliphatic rings. The van der Waals surface area contributed by atoms with Crippen molar-refractivity contribution >= 4 is 27.5 Å². The fraction of sp³-hybridized carbons (Fsp3) is 0.375. The van der Waals surface area contributed by atoms with Crippen LogP contribution in [0.4, 0.5) is 5.69 Å². The zero-order valence-corrected chi connectivity index (χ0v) is 25.8. The summed E-state index contributed by atoms with van der Waals surface area (Å²) < 4.78 is 34.8. The number of methoxy groups -OCH3 is 1. The Hall–Kier alpha value is -3.85. The van der Waals surface area contributed by atoms with Crippen LogP contribution in [0.15, 0.2) is 71.6 Å². The average Bonchev–Trinajstić information content (AvgIpc) is 2.95. The number of amides is 2. The molecule has 0 aromatic heterocycles. The topological polar surface area (TPSA) is 96.0 Å². The fourth-order valence-electron chi connectivity index (χ4n) is 4.28. The standard InChI is InChI=1S/C32H41N3O5S/c1-8-25(5)33-32(37)26(6)34(20-27-14-9-22(2)10-15-27)31(36)21-35(29-19-24(4)13-18-30(29)40-7)41(38,39)28-16-11-23(3)12-17-28/h9-19,25-26H,8,20-21H2,1-7H3,(H,33,37)/t25-,26+/m0/s1. The van der Waals surface area contributed by atoms with Gasteiger partial charge in [-0.2, -0.15) is 0 Å². The van der Waals surface area contributed by atoms with E-state index in [0.29, 0.717) is 5.75 Å². The molecule has 0 spiro atoms. The van der Waals surface area contributed by atoms with Crippen molar-refractivity contribution in [1.29, 1.82) is 0 Å². The van der Waals surface area contributed by atoms with Crippen molar-refractivity contribution in [3.8, 4) is 5.75 Å². The van der Waals surface area contributed by atoms with Gasteiger partial charge >= 0.3 is 0 Å². The molecule has 220 valence electrons. The van der Waals surface area contributed by atoms with Gasteiger partial charge in [0.15, 0.2) is 0 Å². The van der Waals surface area contributed by atoms with Gasteiger partial charge in [0.1, 0.15) is 18.3 Å². The zero-order valence-electron chi connectivity index (χ0n) is 25.0. The summed E-state index contributed by atoms with van der Waals surface area (Å²) in [6, 6.07) is 18.4. The monoisotopic (exact) mass is 579 g/mol. The second-order valence-corrected chi connectivity index (χ2v) is 12.4. The molecule has 41 heavy (non-hydrogen) atoms. The molecular weight excluding hydrogens is 538 g/mol. The second kappa shape index (κ2) is 13.7. The summed E-state index contributed by atoms with van der Waals surface area (Å²) in [7, 11) is -2.73. The number of anilines is 1. The van der Waals surface area contributed by atoms with E-state index in [9.17, 15) is 18.0 Å². The van der Waals surface area contributed by atoms with E-state index in [0.717, 1.165) is 33.0 Å². The van der Waals surface area contributed by atoms with Crippen LogP contribution in [0, 0.1) is 20.8 Å². The van der Waals surface area contributed by atoms with Gasteiger partial charge in [-0.05, 0) is 76.4 Å². The van der Waals surface area contributed by atoms with E-state index < -0.39 is 28.5 Å². The summed E-state index contributed by atoms with van der Waals surface area (Å²) >= 11 is 0. The van der Waals surface area contributed by atoms with E-state index in [1.807, 2.05) is 65.0 Å². The van der Waals surface area contributed by atoms with Crippen molar-refractivity contribution in [2.45, 2.75) is 71.5 Å². The third kappa shape index (κ3) is 7.88. The van der Waals surface area contributed by atoms with Gasteiger partial charge < -0.3 is 15.0 Å². The third-order valence-corrected chi connectivity index (χ3v) is 8.91. The lowest BCUT2D eigenvalue weighted by Gasteiger charge is -2.33. The Kier molecular flexibility index (Phi) is 10.6. The van der Waals surface area contributed by atoms with Crippen molar-refractivity contribution in [1.82, 2.24) is 10.2 Å². The van der Waals surface area contributed by atoms with Crippen LogP contribution in [0.3, 0.4) is 0 Å². The first-order valence-corrected chi connectivity index (χ1v) is 15.2. The molecule has 0 fully saturated rings. The molecule has 3 aromatic carbocycles. The van der Waals surface area contributed by atoms with E-state index in [1.165, 1.54) is 24.1 Å². The van der Waals surface area contributed by atoms with Gasteiger partial charge in [-0.25, -0.2) is 8.42 Å². The van der Waals surface area contributed by atoms with Crippen LogP contribution >= 0.6 is 0 Å². The smallest absolute Gasteiger partial charge is 0.264 e. The van der Waals surface area contributed by atoms with Gasteiger partial charge in [0.05, 0.1) is 17.7 Å². The Morgan fingerprint density at radius 3 is 2.00 bits per heavy atom. The summed E-state index contributed by atoms with van der Waals surface area (Å²) in [5, 5.41) is 2.95. The average molecular weight is 580 g/mol. The van der Waals surface area contributed by atoms with Crippen molar-refractivity contribution < 1.29 is 22.7 Å². The molecule has 2 atom stereocenters. The number of rotatable bonds is 12. The number of aryl methyl sites for hydroxylation is 3. The molecular formula is C32H41N3O5S. The zero-order chi connectivity index (χ0) is 30.3. The molecule has 0 aliphatic heterocycles. The molecule has 3 aromatic rings. The van der Waals surface area contributed by atoms with Gasteiger partial charge in [-0.3, -0.25) is 13.9 Å². The predicted octanol–water partition coefficient (Wildman–Crippen LogP) is 5.15. The summed E-state index contributed by atoms with van der Waals surface area (Å²) in [6.45, 7) is 10.8. The number of hydrogen-bond donors (Lipinski definition) is 1. The van der Waals surface area contributed by atoms with E-state index in [4.69, 9.17) is 4.74 Å². The van der Waals surface area contributed by atoms with Crippen LogP contribution in [-0.2, 0) is 26.2 Å². The highest BCUT2D eigenvalue weighted by Gasteiger charge is 2.34. The number of nitrogens with one attached hydrogen (secondary N) is 1. The lowest BCUT2D eigenvalue weighted by molar-refractivity contribution is -0.139. The van der Waals surface area contributed by atoms with Gasteiger partial charge in [0.25, 0.3) is 10.0 Å². The third-order valence-electron chi connectivity index (χ3n) is 7.13. The highest BCUT2D eigenvalue weighted by Crippen LogP contribution is 2.34. The highest BCUT2D eigenvalue weighted by atomic mass is 32.2. The van der Waals surface area contributed by atoms with E-state index >= 15 is 0 Å². The number of benzene rings is 3. The largest absolute Gasteiger partial charge is 0.495 e. The first-order valence-electron chi connectivity index (χ1n) is 13.8. The Morgan fingerprint density at radius 2 is 1.44 bits per heavy atom. The SMILES string of the molecule is CC[C@H](C)NC(=O)[C@@H](C)N(Cc1ccc(C)cc1)C(=O)CN(c1cc(C)ccc1OC)S(=O)(=O)c1ccc(C)cc1. The van der Waals surface area contributed by atoms with Gasteiger partial charge in [0, 0.05) is 12.6 Å². The van der Waals surface area contributed by atoms with Gasteiger partial charge in [-0.15, -0.1) is 0 Å². The number of ether oxygens (including phenoxy) is 1. The van der Waals surface area contributed by atoms with E-state index in [-0.39, 0.29) is 29.1 Å². The first kappa shape index (κ1) is 31.7. The molecule has 2 amide bonds. The predicted molar refractivity (Wildman–Crippen MR) is 163 cm³/mol. The van der Waals surface area contributed by atoms with Crippen LogP contribution in [0.5, 0.6) is 5.75 Å². The summed E-state index contributed by atoms with van der Waals surface area (Å²) in [5.74, 6) is -0.510. The molecule has 0 aliphatic carbocycles. The van der Waals surface area contributed by atoms with Crippen LogP contribution < -0.4 is 14.4 Å². The van der Waals surface area contributed by atoms with Crippen LogP contribution in [0.1, 0.15) is 49.4 Å². The maximum Gasteiger partial charge on any atom is 0.264 e. The van der Waals surface area contributed by atoms with Gasteiger partial charge in [-0.1, -0.05) is 60.5 Å². The van der Waals surface area contributed by atoms with Crippen molar-refractivity contribution in [2.75, 3.05) is 18.0 Å². The fourth-order valence-corrected chi connectivity index (χ4v) is 5.70. The molecule has 0 saturated carbocycles. The Morgan fingerprint density at radius 1 is 0.878 bits per heavy atom. The number of carbonyl (C=O) groups excluding carboxylic acids is 2. The summed E-state index contributed by atoms with van der Waals surface area (Å²) in [5.41, 5.74) is 3.85. The summed E-state index contributed by atoms with van der Waals surface area (Å²) in [6.07, 6.45) is 0.736.